The van der Waals surface area contributed by atoms with Gasteiger partial charge in [0, 0.05) is 21.3 Å². The number of benzene rings is 2. The van der Waals surface area contributed by atoms with Gasteiger partial charge in [0.2, 0.25) is 5.91 Å². The average Bonchev–Trinajstić information content (AvgIpc) is 2.99. The van der Waals surface area contributed by atoms with Gasteiger partial charge in [0.1, 0.15) is 0 Å². The number of halogens is 2. The van der Waals surface area contributed by atoms with Gasteiger partial charge in [-0.3, -0.25) is 9.36 Å². The standard InChI is InChI=1S/C17H14Cl2N4OS/c1-10(15(20)24)25-17-22-21-16(11-2-4-12(18)5-3-11)23(17)14-8-6-13(19)7-9-14/h2-10H,1H3,(H2,20,24)/t10-/m0/s1. The molecular weight excluding hydrogens is 379 g/mol. The molecule has 0 aliphatic rings. The Morgan fingerprint density at radius 1 is 1.04 bits per heavy atom. The number of nitrogens with zero attached hydrogens (tertiary/aromatic N) is 3. The third-order valence-corrected chi connectivity index (χ3v) is 5.07. The van der Waals surface area contributed by atoms with Crippen molar-refractivity contribution >= 4 is 40.9 Å². The summed E-state index contributed by atoms with van der Waals surface area (Å²) in [5, 5.41) is 9.93. The Bertz CT molecular complexity index is 894. The number of hydrogen-bond acceptors (Lipinski definition) is 4. The molecule has 3 aromatic rings. The van der Waals surface area contributed by atoms with Gasteiger partial charge in [0.15, 0.2) is 11.0 Å². The molecule has 1 heterocycles. The van der Waals surface area contributed by atoms with E-state index in [2.05, 4.69) is 10.2 Å². The van der Waals surface area contributed by atoms with Crippen LogP contribution in [0.15, 0.2) is 53.7 Å². The molecule has 5 nitrogen and oxygen atoms in total. The molecule has 0 radical (unpaired) electrons. The number of aromatic nitrogens is 3. The van der Waals surface area contributed by atoms with Crippen molar-refractivity contribution in [2.24, 2.45) is 5.73 Å². The highest BCUT2D eigenvalue weighted by molar-refractivity contribution is 8.00. The molecule has 0 unspecified atom stereocenters. The molecule has 128 valence electrons. The van der Waals surface area contributed by atoms with Crippen molar-refractivity contribution in [2.45, 2.75) is 17.3 Å². The molecule has 0 bridgehead atoms. The minimum atomic E-state index is -0.437. The molecule has 0 fully saturated rings. The van der Waals surface area contributed by atoms with Gasteiger partial charge in [-0.15, -0.1) is 10.2 Å². The van der Waals surface area contributed by atoms with Crippen molar-refractivity contribution in [1.29, 1.82) is 0 Å². The largest absolute Gasteiger partial charge is 0.369 e. The van der Waals surface area contributed by atoms with Crippen molar-refractivity contribution < 1.29 is 4.79 Å². The molecule has 0 aliphatic carbocycles. The SMILES string of the molecule is C[C@H](Sc1nnc(-c2ccc(Cl)cc2)n1-c1ccc(Cl)cc1)C(N)=O. The number of carbonyl (C=O) groups excluding carboxylic acids is 1. The zero-order chi connectivity index (χ0) is 18.0. The van der Waals surface area contributed by atoms with Crippen LogP contribution in [0.25, 0.3) is 17.1 Å². The Hall–Kier alpha value is -2.02. The topological polar surface area (TPSA) is 73.8 Å². The van der Waals surface area contributed by atoms with E-state index in [1.807, 2.05) is 28.8 Å². The average molecular weight is 393 g/mol. The van der Waals surface area contributed by atoms with Crippen LogP contribution in [0.5, 0.6) is 0 Å². The van der Waals surface area contributed by atoms with Crippen LogP contribution < -0.4 is 5.73 Å². The van der Waals surface area contributed by atoms with Crippen LogP contribution in [0, 0.1) is 0 Å². The molecule has 1 aromatic heterocycles. The van der Waals surface area contributed by atoms with E-state index in [0.29, 0.717) is 21.0 Å². The summed E-state index contributed by atoms with van der Waals surface area (Å²) in [5.41, 5.74) is 7.06. The number of hydrogen-bond donors (Lipinski definition) is 1. The Morgan fingerprint density at radius 2 is 1.60 bits per heavy atom. The Kier molecular flexibility index (Phi) is 5.32. The Labute approximate surface area is 159 Å². The molecule has 2 aromatic carbocycles. The zero-order valence-electron chi connectivity index (χ0n) is 13.2. The smallest absolute Gasteiger partial charge is 0.230 e. The van der Waals surface area contributed by atoms with E-state index in [-0.39, 0.29) is 0 Å². The molecule has 25 heavy (non-hydrogen) atoms. The Morgan fingerprint density at radius 3 is 2.16 bits per heavy atom. The summed E-state index contributed by atoms with van der Waals surface area (Å²) in [7, 11) is 0. The molecule has 0 aliphatic heterocycles. The van der Waals surface area contributed by atoms with Crippen molar-refractivity contribution in [2.75, 3.05) is 0 Å². The van der Waals surface area contributed by atoms with Crippen LogP contribution in [0.1, 0.15) is 6.92 Å². The predicted octanol–water partition coefficient (Wildman–Crippen LogP) is 4.21. The van der Waals surface area contributed by atoms with Crippen molar-refractivity contribution in [3.63, 3.8) is 0 Å². The molecule has 1 atom stereocenters. The molecule has 1 amide bonds. The number of thioether (sulfide) groups is 1. The summed E-state index contributed by atoms with van der Waals surface area (Å²) in [5.74, 6) is 0.224. The summed E-state index contributed by atoms with van der Waals surface area (Å²) in [6.45, 7) is 1.73. The summed E-state index contributed by atoms with van der Waals surface area (Å²) >= 11 is 13.2. The van der Waals surface area contributed by atoms with Gasteiger partial charge in [-0.1, -0.05) is 35.0 Å². The minimum absolute atomic E-state index is 0.413. The first-order chi connectivity index (χ1) is 12.0. The van der Waals surface area contributed by atoms with Crippen LogP contribution >= 0.6 is 35.0 Å². The van der Waals surface area contributed by atoms with E-state index in [1.165, 1.54) is 11.8 Å². The fraction of sp³-hybridized carbons (Fsp3) is 0.118. The highest BCUT2D eigenvalue weighted by Gasteiger charge is 2.20. The van der Waals surface area contributed by atoms with E-state index >= 15 is 0 Å². The maximum absolute atomic E-state index is 11.4. The monoisotopic (exact) mass is 392 g/mol. The van der Waals surface area contributed by atoms with Crippen LogP contribution in [-0.4, -0.2) is 25.9 Å². The number of primary amides is 1. The van der Waals surface area contributed by atoms with E-state index in [0.717, 1.165) is 11.3 Å². The van der Waals surface area contributed by atoms with Gasteiger partial charge >= 0.3 is 0 Å². The van der Waals surface area contributed by atoms with Crippen LogP contribution in [0.3, 0.4) is 0 Å². The Balaban J connectivity index is 2.12. The minimum Gasteiger partial charge on any atom is -0.369 e. The van der Waals surface area contributed by atoms with Gasteiger partial charge in [-0.25, -0.2) is 0 Å². The van der Waals surface area contributed by atoms with Crippen molar-refractivity contribution in [3.05, 3.63) is 58.6 Å². The molecular formula is C17H14Cl2N4OS. The van der Waals surface area contributed by atoms with Crippen LogP contribution in [-0.2, 0) is 4.79 Å². The molecule has 0 saturated heterocycles. The lowest BCUT2D eigenvalue weighted by atomic mass is 10.2. The molecule has 2 N–H and O–H groups in total. The van der Waals surface area contributed by atoms with E-state index in [1.54, 1.807) is 31.2 Å². The summed E-state index contributed by atoms with van der Waals surface area (Å²) in [4.78, 5) is 11.4. The fourth-order valence-corrected chi connectivity index (χ4v) is 3.24. The van der Waals surface area contributed by atoms with Crippen molar-refractivity contribution in [3.8, 4) is 17.1 Å². The quantitative estimate of drug-likeness (QED) is 0.659. The van der Waals surface area contributed by atoms with E-state index in [9.17, 15) is 4.79 Å². The number of nitrogens with two attached hydrogens (primary N) is 1. The summed E-state index contributed by atoms with van der Waals surface area (Å²) in [6, 6.07) is 14.6. The fourth-order valence-electron chi connectivity index (χ4n) is 2.17. The van der Waals surface area contributed by atoms with Crippen LogP contribution in [0.4, 0.5) is 0 Å². The normalized spacial score (nSPS) is 12.1. The van der Waals surface area contributed by atoms with E-state index < -0.39 is 11.2 Å². The van der Waals surface area contributed by atoms with Gasteiger partial charge in [0.05, 0.1) is 5.25 Å². The van der Waals surface area contributed by atoms with Gasteiger partial charge in [0.25, 0.3) is 0 Å². The maximum atomic E-state index is 11.4. The number of carbonyl (C=O) groups is 1. The second-order valence-corrected chi connectivity index (χ2v) is 7.47. The predicted molar refractivity (Wildman–Crippen MR) is 101 cm³/mol. The second-order valence-electron chi connectivity index (χ2n) is 5.29. The first-order valence-electron chi connectivity index (χ1n) is 7.39. The third-order valence-electron chi connectivity index (χ3n) is 3.50. The van der Waals surface area contributed by atoms with Crippen molar-refractivity contribution in [1.82, 2.24) is 14.8 Å². The molecule has 0 spiro atoms. The molecule has 0 saturated carbocycles. The van der Waals surface area contributed by atoms with E-state index in [4.69, 9.17) is 28.9 Å². The van der Waals surface area contributed by atoms with Crippen LogP contribution in [0.2, 0.25) is 10.0 Å². The second kappa shape index (κ2) is 7.47. The van der Waals surface area contributed by atoms with Gasteiger partial charge in [-0.2, -0.15) is 0 Å². The highest BCUT2D eigenvalue weighted by atomic mass is 35.5. The van der Waals surface area contributed by atoms with Gasteiger partial charge < -0.3 is 5.73 Å². The highest BCUT2D eigenvalue weighted by Crippen LogP contribution is 2.31. The zero-order valence-corrected chi connectivity index (χ0v) is 15.5. The summed E-state index contributed by atoms with van der Waals surface area (Å²) in [6.07, 6.45) is 0. The molecule has 3 rings (SSSR count). The maximum Gasteiger partial charge on any atom is 0.230 e. The van der Waals surface area contributed by atoms with Gasteiger partial charge in [-0.05, 0) is 55.5 Å². The lowest BCUT2D eigenvalue weighted by Crippen LogP contribution is -2.23. The lowest BCUT2D eigenvalue weighted by molar-refractivity contribution is -0.117. The third kappa shape index (κ3) is 3.98. The first-order valence-corrected chi connectivity index (χ1v) is 9.02. The molecule has 8 heteroatoms. The lowest BCUT2D eigenvalue weighted by Gasteiger charge is -2.12. The number of amides is 1. The summed E-state index contributed by atoms with van der Waals surface area (Å²) < 4.78 is 1.86. The number of rotatable bonds is 5. The first kappa shape index (κ1) is 17.8.